The third-order valence-electron chi connectivity index (χ3n) is 5.02. The molecule has 0 spiro atoms. The average molecular weight is 365 g/mol. The molecule has 0 radical (unpaired) electrons. The summed E-state index contributed by atoms with van der Waals surface area (Å²) in [6, 6.07) is 6.00. The number of benzene rings is 1. The number of hydrogen-bond acceptors (Lipinski definition) is 2. The van der Waals surface area contributed by atoms with Crippen molar-refractivity contribution < 1.29 is 17.2 Å². The number of anilines is 2. The Balaban J connectivity index is 0.00000312. The van der Waals surface area contributed by atoms with E-state index in [0.29, 0.717) is 5.92 Å². The molecule has 4 nitrogen and oxygen atoms in total. The van der Waals surface area contributed by atoms with Crippen LogP contribution in [0.25, 0.3) is 0 Å². The van der Waals surface area contributed by atoms with E-state index in [-0.39, 0.29) is 18.4 Å². The van der Waals surface area contributed by atoms with Crippen LogP contribution in [0.2, 0.25) is 0 Å². The number of nitrogens with zero attached hydrogens (tertiary/aromatic N) is 1. The molecule has 1 aliphatic carbocycles. The van der Waals surface area contributed by atoms with Crippen molar-refractivity contribution in [2.45, 2.75) is 53.4 Å². The highest BCUT2D eigenvalue weighted by molar-refractivity contribution is 5.91. The van der Waals surface area contributed by atoms with E-state index in [1.54, 1.807) is 0 Å². The minimum atomic E-state index is -0.175. The van der Waals surface area contributed by atoms with E-state index in [2.05, 4.69) is 48.4 Å². The quantitative estimate of drug-likeness (QED) is 0.811. The minimum Gasteiger partial charge on any atom is -1.00 e. The van der Waals surface area contributed by atoms with E-state index in [1.807, 2.05) is 19.2 Å². The summed E-state index contributed by atoms with van der Waals surface area (Å²) in [5, 5.41) is 5.82. The van der Waals surface area contributed by atoms with Gasteiger partial charge in [0.05, 0.1) is 0 Å². The van der Waals surface area contributed by atoms with Gasteiger partial charge in [-0.2, -0.15) is 0 Å². The third-order valence-corrected chi connectivity index (χ3v) is 5.02. The van der Waals surface area contributed by atoms with E-state index >= 15 is 0 Å². The molecule has 0 atom stereocenters. The first-order valence-electron chi connectivity index (χ1n) is 9.14. The van der Waals surface area contributed by atoms with Crippen molar-refractivity contribution >= 4 is 17.4 Å². The van der Waals surface area contributed by atoms with Gasteiger partial charge in [-0.1, -0.05) is 18.4 Å². The van der Waals surface area contributed by atoms with Gasteiger partial charge in [0.1, 0.15) is 0 Å². The Morgan fingerprint density at radius 2 is 1.88 bits per heavy atom. The molecule has 1 aromatic carbocycles. The molecule has 0 unspecified atom stereocenters. The number of urea groups is 1. The van der Waals surface area contributed by atoms with Crippen LogP contribution in [0.3, 0.4) is 0 Å². The van der Waals surface area contributed by atoms with Crippen LogP contribution in [0.15, 0.2) is 30.0 Å². The molecule has 0 heterocycles. The average Bonchev–Trinajstić information content (AvgIpc) is 3.11. The third kappa shape index (κ3) is 5.96. The van der Waals surface area contributed by atoms with Crippen molar-refractivity contribution in [2.75, 3.05) is 23.3 Å². The fourth-order valence-electron chi connectivity index (χ4n) is 3.41. The smallest absolute Gasteiger partial charge is 0.323 e. The van der Waals surface area contributed by atoms with Crippen molar-refractivity contribution in [1.29, 1.82) is 0 Å². The number of nitrogens with one attached hydrogen (secondary N) is 2. The van der Waals surface area contributed by atoms with Crippen LogP contribution in [-0.4, -0.2) is 19.1 Å². The van der Waals surface area contributed by atoms with Crippen molar-refractivity contribution in [1.82, 2.24) is 5.32 Å². The maximum atomic E-state index is 12.1. The van der Waals surface area contributed by atoms with E-state index in [1.165, 1.54) is 36.9 Å². The second kappa shape index (κ2) is 10.3. The predicted octanol–water partition coefficient (Wildman–Crippen LogP) is 2.06. The van der Waals surface area contributed by atoms with E-state index in [9.17, 15) is 4.79 Å². The molecule has 0 bridgehead atoms. The number of carbonyl (C=O) groups is 1. The van der Waals surface area contributed by atoms with Gasteiger partial charge >= 0.3 is 6.03 Å². The largest absolute Gasteiger partial charge is 1.00 e. The number of carbonyl (C=O) groups excluding carboxylic acids is 1. The zero-order valence-electron chi connectivity index (χ0n) is 15.9. The summed E-state index contributed by atoms with van der Waals surface area (Å²) in [7, 11) is 0. The zero-order valence-corrected chi connectivity index (χ0v) is 16.6. The molecular formula is C20H31ClN3O-. The molecule has 2 N–H and O–H groups in total. The van der Waals surface area contributed by atoms with Crippen molar-refractivity contribution in [3.05, 3.63) is 35.5 Å². The number of aryl methyl sites for hydroxylation is 1. The summed E-state index contributed by atoms with van der Waals surface area (Å²) < 4.78 is 0. The Hall–Kier alpha value is -1.68. The molecule has 2 rings (SSSR count). The summed E-state index contributed by atoms with van der Waals surface area (Å²) in [6.45, 7) is 10.4. The highest BCUT2D eigenvalue weighted by Crippen LogP contribution is 2.30. The molecule has 1 aliphatic rings. The molecule has 1 aromatic rings. The molecule has 140 valence electrons. The van der Waals surface area contributed by atoms with E-state index in [4.69, 9.17) is 0 Å². The van der Waals surface area contributed by atoms with Gasteiger partial charge < -0.3 is 27.9 Å². The SMILES string of the molecule is CCN(CC)c1ccc(NC(=O)N/C=C(\C)C2CCCC2)c(C)c1.[Cl-]. The van der Waals surface area contributed by atoms with Crippen LogP contribution >= 0.6 is 0 Å². The lowest BCUT2D eigenvalue weighted by atomic mass is 10.0. The van der Waals surface area contributed by atoms with Crippen LogP contribution in [0.4, 0.5) is 16.2 Å². The lowest BCUT2D eigenvalue weighted by Crippen LogP contribution is -3.00. The van der Waals surface area contributed by atoms with Gasteiger partial charge in [-0.05, 0) is 70.2 Å². The van der Waals surface area contributed by atoms with Gasteiger partial charge in [0, 0.05) is 30.7 Å². The lowest BCUT2D eigenvalue weighted by Gasteiger charge is -2.22. The summed E-state index contributed by atoms with van der Waals surface area (Å²) in [5.74, 6) is 0.639. The van der Waals surface area contributed by atoms with Crippen LogP contribution < -0.4 is 27.9 Å². The first-order chi connectivity index (χ1) is 11.5. The Morgan fingerprint density at radius 1 is 1.24 bits per heavy atom. The first-order valence-corrected chi connectivity index (χ1v) is 9.14. The van der Waals surface area contributed by atoms with Gasteiger partial charge in [-0.3, -0.25) is 0 Å². The maximum absolute atomic E-state index is 12.1. The van der Waals surface area contributed by atoms with Crippen LogP contribution in [0.5, 0.6) is 0 Å². The minimum absolute atomic E-state index is 0. The van der Waals surface area contributed by atoms with Crippen molar-refractivity contribution in [2.24, 2.45) is 5.92 Å². The second-order valence-electron chi connectivity index (χ2n) is 6.64. The van der Waals surface area contributed by atoms with Crippen LogP contribution in [0.1, 0.15) is 52.0 Å². The molecule has 0 aromatic heterocycles. The molecule has 1 fully saturated rings. The monoisotopic (exact) mass is 364 g/mol. The topological polar surface area (TPSA) is 44.4 Å². The number of halogens is 1. The van der Waals surface area contributed by atoms with Crippen LogP contribution in [0, 0.1) is 12.8 Å². The van der Waals surface area contributed by atoms with Crippen molar-refractivity contribution in [3.8, 4) is 0 Å². The normalized spacial score (nSPS) is 14.8. The standard InChI is InChI=1S/C20H31N3O.ClH/c1-5-23(6-2)18-11-12-19(15(3)13-18)22-20(24)21-14-16(4)17-9-7-8-10-17;/h11-14,17H,5-10H2,1-4H3,(H2,21,22,24);1H/p-1/b16-14+;. The van der Waals surface area contributed by atoms with Gasteiger partial charge in [0.25, 0.3) is 0 Å². The Kier molecular flexibility index (Phi) is 8.84. The summed E-state index contributed by atoms with van der Waals surface area (Å²) in [6.07, 6.45) is 6.97. The van der Waals surface area contributed by atoms with Gasteiger partial charge in [0.2, 0.25) is 0 Å². The molecule has 1 saturated carbocycles. The lowest BCUT2D eigenvalue weighted by molar-refractivity contribution is -0.00000827. The van der Waals surface area contributed by atoms with E-state index < -0.39 is 0 Å². The summed E-state index contributed by atoms with van der Waals surface area (Å²) in [4.78, 5) is 14.4. The summed E-state index contributed by atoms with van der Waals surface area (Å²) >= 11 is 0. The van der Waals surface area contributed by atoms with Crippen molar-refractivity contribution in [3.63, 3.8) is 0 Å². The zero-order chi connectivity index (χ0) is 17.5. The fourth-order valence-corrected chi connectivity index (χ4v) is 3.41. The Bertz CT molecular complexity index is 591. The molecule has 0 saturated heterocycles. The second-order valence-corrected chi connectivity index (χ2v) is 6.64. The first kappa shape index (κ1) is 21.4. The Morgan fingerprint density at radius 3 is 2.44 bits per heavy atom. The highest BCUT2D eigenvalue weighted by atomic mass is 35.5. The molecule has 0 aliphatic heterocycles. The maximum Gasteiger partial charge on any atom is 0.323 e. The van der Waals surface area contributed by atoms with E-state index in [0.717, 1.165) is 24.3 Å². The molecule has 25 heavy (non-hydrogen) atoms. The number of amides is 2. The fraction of sp³-hybridized carbons (Fsp3) is 0.550. The molecular weight excluding hydrogens is 334 g/mol. The Labute approximate surface area is 158 Å². The summed E-state index contributed by atoms with van der Waals surface area (Å²) in [5.41, 5.74) is 4.40. The number of rotatable bonds is 6. The molecule has 5 heteroatoms. The molecule has 2 amide bonds. The van der Waals surface area contributed by atoms with Gasteiger partial charge in [0.15, 0.2) is 0 Å². The predicted molar refractivity (Wildman–Crippen MR) is 103 cm³/mol. The van der Waals surface area contributed by atoms with Gasteiger partial charge in [-0.15, -0.1) is 0 Å². The number of allylic oxidation sites excluding steroid dienone is 1. The van der Waals surface area contributed by atoms with Gasteiger partial charge in [-0.25, -0.2) is 4.79 Å². The highest BCUT2D eigenvalue weighted by Gasteiger charge is 2.16. The van der Waals surface area contributed by atoms with Crippen LogP contribution in [-0.2, 0) is 0 Å². The number of hydrogen-bond donors (Lipinski definition) is 2.